The minimum atomic E-state index is -3.08. The molecule has 0 amide bonds. The van der Waals surface area contributed by atoms with Gasteiger partial charge in [-0.2, -0.15) is 0 Å². The first-order chi connectivity index (χ1) is 7.78. The zero-order valence-electron chi connectivity index (χ0n) is 9.54. The minimum Gasteiger partial charge on any atom is -0.477 e. The summed E-state index contributed by atoms with van der Waals surface area (Å²) >= 11 is 0. The molecular formula is C10H14N2O4S. The zero-order chi connectivity index (χ0) is 13.1. The van der Waals surface area contributed by atoms with Gasteiger partial charge in [-0.1, -0.05) is 6.07 Å². The number of aromatic carboxylic acids is 1. The lowest BCUT2D eigenvalue weighted by Gasteiger charge is -2.13. The maximum atomic E-state index is 11.1. The quantitative estimate of drug-likeness (QED) is 0.804. The Bertz CT molecular complexity index is 513. The molecule has 0 fully saturated rings. The Labute approximate surface area is 99.6 Å². The number of hydrogen-bond acceptors (Lipinski definition) is 5. The van der Waals surface area contributed by atoms with Gasteiger partial charge in [0.2, 0.25) is 0 Å². The lowest BCUT2D eigenvalue weighted by molar-refractivity contribution is 0.0690. The van der Waals surface area contributed by atoms with Gasteiger partial charge in [-0.25, -0.2) is 18.2 Å². The van der Waals surface area contributed by atoms with Crippen LogP contribution in [-0.4, -0.2) is 42.5 Å². The van der Waals surface area contributed by atoms with E-state index in [1.165, 1.54) is 6.07 Å². The summed E-state index contributed by atoms with van der Waals surface area (Å²) in [5.41, 5.74) is -0.0819. The minimum absolute atomic E-state index is 0.0357. The summed E-state index contributed by atoms with van der Waals surface area (Å²) in [6.45, 7) is 1.69. The molecule has 1 heterocycles. The van der Waals surface area contributed by atoms with Crippen molar-refractivity contribution in [1.82, 2.24) is 4.98 Å². The van der Waals surface area contributed by atoms with Crippen molar-refractivity contribution in [3.05, 3.63) is 23.9 Å². The van der Waals surface area contributed by atoms with Gasteiger partial charge in [0.25, 0.3) is 0 Å². The van der Waals surface area contributed by atoms with Gasteiger partial charge in [0.1, 0.15) is 15.7 Å². The summed E-state index contributed by atoms with van der Waals surface area (Å²) in [5.74, 6) is -0.808. The number of aromatic nitrogens is 1. The molecule has 0 aliphatic carbocycles. The van der Waals surface area contributed by atoms with Crippen LogP contribution >= 0.6 is 0 Å². The van der Waals surface area contributed by atoms with Crippen molar-refractivity contribution in [2.45, 2.75) is 13.0 Å². The molecule has 1 unspecified atom stereocenters. The maximum absolute atomic E-state index is 11.1. The van der Waals surface area contributed by atoms with Gasteiger partial charge < -0.3 is 10.4 Å². The molecule has 0 saturated carbocycles. The van der Waals surface area contributed by atoms with Crippen LogP contribution in [-0.2, 0) is 9.84 Å². The number of hydrogen-bond donors (Lipinski definition) is 2. The Morgan fingerprint density at radius 3 is 2.71 bits per heavy atom. The molecule has 0 aliphatic rings. The first-order valence-corrected chi connectivity index (χ1v) is 6.98. The molecule has 0 aromatic carbocycles. The highest BCUT2D eigenvalue weighted by Gasteiger charge is 2.11. The van der Waals surface area contributed by atoms with Crippen LogP contribution in [0.4, 0.5) is 5.82 Å². The topological polar surface area (TPSA) is 96.4 Å². The fourth-order valence-electron chi connectivity index (χ4n) is 1.38. The zero-order valence-corrected chi connectivity index (χ0v) is 10.4. The summed E-state index contributed by atoms with van der Waals surface area (Å²) in [6, 6.07) is 4.17. The van der Waals surface area contributed by atoms with Gasteiger partial charge in [-0.3, -0.25) is 0 Å². The van der Waals surface area contributed by atoms with Crippen LogP contribution in [0.5, 0.6) is 0 Å². The summed E-state index contributed by atoms with van der Waals surface area (Å²) in [4.78, 5) is 14.5. The van der Waals surface area contributed by atoms with Gasteiger partial charge in [0, 0.05) is 12.3 Å². The average Bonchev–Trinajstić information content (AvgIpc) is 2.14. The molecule has 1 atom stereocenters. The fraction of sp³-hybridized carbons (Fsp3) is 0.400. The van der Waals surface area contributed by atoms with Crippen LogP contribution in [0.25, 0.3) is 0 Å². The molecule has 0 spiro atoms. The molecule has 2 N–H and O–H groups in total. The lowest BCUT2D eigenvalue weighted by atomic mass is 10.3. The van der Waals surface area contributed by atoms with Crippen LogP contribution in [0, 0.1) is 0 Å². The molecule has 1 aromatic rings. The maximum Gasteiger partial charge on any atom is 0.354 e. The SMILES string of the molecule is CC(CS(C)(=O)=O)Nc1cccc(C(=O)O)n1. The van der Waals surface area contributed by atoms with E-state index < -0.39 is 15.8 Å². The molecule has 0 radical (unpaired) electrons. The first-order valence-electron chi connectivity index (χ1n) is 4.92. The predicted octanol–water partition coefficient (Wildman–Crippen LogP) is 0.625. The summed E-state index contributed by atoms with van der Waals surface area (Å²) in [6.07, 6.45) is 1.15. The van der Waals surface area contributed by atoms with Crippen molar-refractivity contribution >= 4 is 21.6 Å². The van der Waals surface area contributed by atoms with Crippen LogP contribution in [0.2, 0.25) is 0 Å². The molecule has 0 saturated heterocycles. The van der Waals surface area contributed by atoms with E-state index in [1.54, 1.807) is 19.1 Å². The molecule has 94 valence electrons. The highest BCUT2D eigenvalue weighted by atomic mass is 32.2. The van der Waals surface area contributed by atoms with Gasteiger partial charge in [-0.15, -0.1) is 0 Å². The van der Waals surface area contributed by atoms with E-state index in [-0.39, 0.29) is 17.5 Å². The third-order valence-electron chi connectivity index (χ3n) is 1.92. The number of rotatable bonds is 5. The molecular weight excluding hydrogens is 244 g/mol. The Morgan fingerprint density at radius 1 is 1.53 bits per heavy atom. The first kappa shape index (κ1) is 13.4. The highest BCUT2D eigenvalue weighted by Crippen LogP contribution is 2.07. The lowest BCUT2D eigenvalue weighted by Crippen LogP contribution is -2.25. The number of anilines is 1. The Kier molecular flexibility index (Phi) is 4.06. The Hall–Kier alpha value is -1.63. The number of nitrogens with zero attached hydrogens (tertiary/aromatic N) is 1. The number of nitrogens with one attached hydrogen (secondary N) is 1. The van der Waals surface area contributed by atoms with Crippen molar-refractivity contribution in [3.8, 4) is 0 Å². The summed E-state index contributed by atoms with van der Waals surface area (Å²) in [5, 5.41) is 11.6. The third kappa shape index (κ3) is 4.81. The van der Waals surface area contributed by atoms with Gasteiger partial charge in [0.15, 0.2) is 5.69 Å². The standard InChI is InChI=1S/C10H14N2O4S/c1-7(6-17(2,15)16)11-9-5-3-4-8(12-9)10(13)14/h3-5,7H,6H2,1-2H3,(H,11,12)(H,13,14). The molecule has 1 rings (SSSR count). The van der Waals surface area contributed by atoms with E-state index in [9.17, 15) is 13.2 Å². The van der Waals surface area contributed by atoms with E-state index >= 15 is 0 Å². The van der Waals surface area contributed by atoms with Crippen LogP contribution in [0.1, 0.15) is 17.4 Å². The van der Waals surface area contributed by atoms with E-state index in [0.717, 1.165) is 6.26 Å². The summed E-state index contributed by atoms with van der Waals surface area (Å²) < 4.78 is 22.1. The third-order valence-corrected chi connectivity index (χ3v) is 3.02. The van der Waals surface area contributed by atoms with E-state index in [2.05, 4.69) is 10.3 Å². The largest absolute Gasteiger partial charge is 0.477 e. The van der Waals surface area contributed by atoms with Crippen molar-refractivity contribution in [2.24, 2.45) is 0 Å². The van der Waals surface area contributed by atoms with E-state index in [1.807, 2.05) is 0 Å². The van der Waals surface area contributed by atoms with E-state index in [0.29, 0.717) is 5.82 Å². The second kappa shape index (κ2) is 5.13. The summed E-state index contributed by atoms with van der Waals surface area (Å²) in [7, 11) is -3.08. The van der Waals surface area contributed by atoms with E-state index in [4.69, 9.17) is 5.11 Å². The molecule has 1 aromatic heterocycles. The number of sulfone groups is 1. The van der Waals surface area contributed by atoms with Gasteiger partial charge in [0.05, 0.1) is 5.75 Å². The fourth-order valence-corrected chi connectivity index (χ4v) is 2.37. The molecule has 17 heavy (non-hydrogen) atoms. The number of carboxylic acid groups (broad SMARTS) is 1. The van der Waals surface area contributed by atoms with Crippen molar-refractivity contribution < 1.29 is 18.3 Å². The number of pyridine rings is 1. The van der Waals surface area contributed by atoms with Gasteiger partial charge in [-0.05, 0) is 19.1 Å². The van der Waals surface area contributed by atoms with Crippen LogP contribution < -0.4 is 5.32 Å². The predicted molar refractivity (Wildman–Crippen MR) is 64.0 cm³/mol. The number of carboxylic acids is 1. The molecule has 0 bridgehead atoms. The second-order valence-electron chi connectivity index (χ2n) is 3.85. The highest BCUT2D eigenvalue weighted by molar-refractivity contribution is 7.90. The van der Waals surface area contributed by atoms with Crippen molar-refractivity contribution in [3.63, 3.8) is 0 Å². The van der Waals surface area contributed by atoms with Gasteiger partial charge >= 0.3 is 5.97 Å². The Morgan fingerprint density at radius 2 is 2.18 bits per heavy atom. The molecule has 7 heteroatoms. The average molecular weight is 258 g/mol. The van der Waals surface area contributed by atoms with Crippen molar-refractivity contribution in [2.75, 3.05) is 17.3 Å². The Balaban J connectivity index is 2.75. The number of carbonyl (C=O) groups is 1. The van der Waals surface area contributed by atoms with Crippen LogP contribution in [0.15, 0.2) is 18.2 Å². The second-order valence-corrected chi connectivity index (χ2v) is 6.04. The van der Waals surface area contributed by atoms with Crippen LogP contribution in [0.3, 0.4) is 0 Å². The molecule has 6 nitrogen and oxygen atoms in total. The van der Waals surface area contributed by atoms with Crippen molar-refractivity contribution in [1.29, 1.82) is 0 Å². The monoisotopic (exact) mass is 258 g/mol. The smallest absolute Gasteiger partial charge is 0.354 e. The normalized spacial score (nSPS) is 13.1. The molecule has 0 aliphatic heterocycles.